The van der Waals surface area contributed by atoms with E-state index in [1.165, 1.54) is 167 Å². The molecule has 50 heavy (non-hydrogen) atoms. The van der Waals surface area contributed by atoms with Gasteiger partial charge in [0.15, 0.2) is 0 Å². The predicted molar refractivity (Wildman–Crippen MR) is 220 cm³/mol. The van der Waals surface area contributed by atoms with E-state index in [9.17, 15) is 9.90 Å². The Hall–Kier alpha value is -0.910. The lowest BCUT2D eigenvalue weighted by Gasteiger charge is -2.28. The second-order valence-corrected chi connectivity index (χ2v) is 15.4. The van der Waals surface area contributed by atoms with Gasteiger partial charge in [-0.15, -0.1) is 0 Å². The maximum absolute atomic E-state index is 12.5. The van der Waals surface area contributed by atoms with Gasteiger partial charge in [-0.2, -0.15) is 0 Å². The highest BCUT2D eigenvalue weighted by Crippen LogP contribution is 2.15. The minimum Gasteiger partial charge on any atom is -0.464 e. The summed E-state index contributed by atoms with van der Waals surface area (Å²) in [7, 11) is 0. The fourth-order valence-corrected chi connectivity index (χ4v) is 7.06. The van der Waals surface area contributed by atoms with Crippen molar-refractivity contribution in [3.8, 4) is 0 Å². The first-order valence-electron chi connectivity index (χ1n) is 22.5. The van der Waals surface area contributed by atoms with Crippen molar-refractivity contribution in [2.24, 2.45) is 0 Å². The Bertz CT molecular complexity index is 684. The van der Waals surface area contributed by atoms with Crippen molar-refractivity contribution in [2.75, 3.05) is 45.9 Å². The second-order valence-electron chi connectivity index (χ2n) is 15.4. The number of carbonyl (C=O) groups excluding carboxylic acids is 1. The van der Waals surface area contributed by atoms with Crippen LogP contribution in [0.2, 0.25) is 0 Å². The van der Waals surface area contributed by atoms with E-state index in [0.717, 1.165) is 52.0 Å². The molecular formula is C45H90N2O3. The number of esters is 1. The number of aliphatic hydroxyl groups excluding tert-OH is 1. The summed E-state index contributed by atoms with van der Waals surface area (Å²) in [6.07, 6.45) is 42.9. The molecule has 0 fully saturated rings. The van der Waals surface area contributed by atoms with Gasteiger partial charge in [0.25, 0.3) is 0 Å². The molecule has 5 heteroatoms. The van der Waals surface area contributed by atoms with Gasteiger partial charge in [-0.3, -0.25) is 14.6 Å². The predicted octanol–water partition coefficient (Wildman–Crippen LogP) is 12.8. The number of aliphatic hydroxyl groups is 1. The first kappa shape index (κ1) is 49.1. The van der Waals surface area contributed by atoms with Crippen LogP contribution in [-0.4, -0.2) is 72.9 Å². The van der Waals surface area contributed by atoms with Gasteiger partial charge in [-0.25, -0.2) is 0 Å². The Morgan fingerprint density at radius 3 is 1.46 bits per heavy atom. The quantitative estimate of drug-likeness (QED) is 0.0390. The molecular weight excluding hydrogens is 617 g/mol. The van der Waals surface area contributed by atoms with Gasteiger partial charge in [-0.05, 0) is 84.3 Å². The van der Waals surface area contributed by atoms with Crippen molar-refractivity contribution in [1.82, 2.24) is 9.80 Å². The normalized spacial score (nSPS) is 12.5. The molecule has 0 saturated carbocycles. The van der Waals surface area contributed by atoms with E-state index in [1.54, 1.807) is 0 Å². The molecule has 0 aromatic heterocycles. The minimum absolute atomic E-state index is 0.0341. The van der Waals surface area contributed by atoms with Crippen LogP contribution < -0.4 is 0 Å². The first-order valence-corrected chi connectivity index (χ1v) is 22.5. The third-order valence-electron chi connectivity index (χ3n) is 10.5. The number of rotatable bonds is 41. The summed E-state index contributed by atoms with van der Waals surface area (Å²) in [5, 5.41) is 9.66. The van der Waals surface area contributed by atoms with Crippen LogP contribution in [0.25, 0.3) is 0 Å². The van der Waals surface area contributed by atoms with Crippen molar-refractivity contribution >= 4 is 5.97 Å². The average Bonchev–Trinajstić information content (AvgIpc) is 3.11. The summed E-state index contributed by atoms with van der Waals surface area (Å²) in [5.41, 5.74) is 0. The van der Waals surface area contributed by atoms with Crippen LogP contribution in [-0.2, 0) is 9.53 Å². The minimum atomic E-state index is -0.0341. The third-order valence-corrected chi connectivity index (χ3v) is 10.5. The maximum atomic E-state index is 12.5. The van der Waals surface area contributed by atoms with Crippen LogP contribution in [0, 0.1) is 0 Å². The fourth-order valence-electron chi connectivity index (χ4n) is 7.06. The van der Waals surface area contributed by atoms with Crippen LogP contribution in [0.3, 0.4) is 0 Å². The number of nitrogens with zero attached hydrogens (tertiary/aromatic N) is 2. The Labute approximate surface area is 314 Å². The molecule has 0 heterocycles. The van der Waals surface area contributed by atoms with Gasteiger partial charge >= 0.3 is 5.97 Å². The molecule has 0 aliphatic rings. The molecule has 0 saturated heterocycles. The molecule has 5 nitrogen and oxygen atoms in total. The molecule has 1 N–H and O–H groups in total. The fraction of sp³-hybridized carbons (Fsp3) is 0.933. The Balaban J connectivity index is 4.04. The summed E-state index contributed by atoms with van der Waals surface area (Å²) >= 11 is 0. The largest absolute Gasteiger partial charge is 0.464 e. The number of ether oxygens (including phenoxy) is 1. The zero-order chi connectivity index (χ0) is 36.6. The number of hydrogen-bond acceptors (Lipinski definition) is 5. The zero-order valence-electron chi connectivity index (χ0n) is 34.6. The number of unbranched alkanes of at least 4 members (excludes halogenated alkanes) is 23. The zero-order valence-corrected chi connectivity index (χ0v) is 34.6. The molecule has 0 aliphatic carbocycles. The Morgan fingerprint density at radius 1 is 0.540 bits per heavy atom. The van der Waals surface area contributed by atoms with Crippen molar-refractivity contribution < 1.29 is 14.6 Å². The molecule has 0 aromatic rings. The van der Waals surface area contributed by atoms with Crippen molar-refractivity contribution in [2.45, 2.75) is 226 Å². The van der Waals surface area contributed by atoms with Gasteiger partial charge in [-0.1, -0.05) is 161 Å². The molecule has 1 unspecified atom stereocenters. The van der Waals surface area contributed by atoms with E-state index < -0.39 is 0 Å². The van der Waals surface area contributed by atoms with Crippen LogP contribution in [0.1, 0.15) is 220 Å². The lowest BCUT2D eigenvalue weighted by Crippen LogP contribution is -2.36. The van der Waals surface area contributed by atoms with E-state index >= 15 is 0 Å². The third kappa shape index (κ3) is 35.5. The Morgan fingerprint density at radius 2 is 0.980 bits per heavy atom. The van der Waals surface area contributed by atoms with Gasteiger partial charge < -0.3 is 9.84 Å². The first-order chi connectivity index (χ1) is 24.6. The van der Waals surface area contributed by atoms with Gasteiger partial charge in [0, 0.05) is 25.6 Å². The molecule has 0 rings (SSSR count). The lowest BCUT2D eigenvalue weighted by atomic mass is 10.1. The highest BCUT2D eigenvalue weighted by Gasteiger charge is 2.14. The van der Waals surface area contributed by atoms with E-state index in [2.05, 4.69) is 49.6 Å². The van der Waals surface area contributed by atoms with Crippen LogP contribution >= 0.6 is 0 Å². The van der Waals surface area contributed by atoms with Crippen molar-refractivity contribution in [3.05, 3.63) is 12.2 Å². The Kier molecular flexibility index (Phi) is 40.1. The summed E-state index contributed by atoms with van der Waals surface area (Å²) in [4.78, 5) is 17.5. The molecule has 1 atom stereocenters. The molecule has 0 aliphatic heterocycles. The van der Waals surface area contributed by atoms with Gasteiger partial charge in [0.2, 0.25) is 0 Å². The molecule has 0 radical (unpaired) electrons. The van der Waals surface area contributed by atoms with Crippen LogP contribution in [0.5, 0.6) is 0 Å². The van der Waals surface area contributed by atoms with E-state index in [4.69, 9.17) is 4.74 Å². The van der Waals surface area contributed by atoms with Crippen LogP contribution in [0.15, 0.2) is 12.2 Å². The summed E-state index contributed by atoms with van der Waals surface area (Å²) < 4.78 is 5.70. The lowest BCUT2D eigenvalue weighted by molar-refractivity contribution is -0.144. The molecule has 0 bridgehead atoms. The average molecular weight is 707 g/mol. The van der Waals surface area contributed by atoms with E-state index in [1.807, 2.05) is 0 Å². The summed E-state index contributed by atoms with van der Waals surface area (Å²) in [6.45, 7) is 14.8. The van der Waals surface area contributed by atoms with Gasteiger partial charge in [0.1, 0.15) is 6.61 Å². The smallest absolute Gasteiger partial charge is 0.305 e. The maximum Gasteiger partial charge on any atom is 0.305 e. The SMILES string of the molecule is CCCCCCCC/C=C\CCCCCCCCN(CCO)C(C)CCCCC(=O)OCCN(CCCCCCCC)CCCCCCCC. The standard InChI is InChI=1S/C45H90N2O3/c1-5-8-11-14-17-18-19-20-21-22-23-24-25-26-29-34-39-47(40-42-48)44(4)35-30-31-36-45(49)50-43-41-46(37-32-27-15-12-9-6-2)38-33-28-16-13-10-7-3/h20-21,44,48H,5-19,22-43H2,1-4H3/b21-20-. The van der Waals surface area contributed by atoms with Crippen LogP contribution in [0.4, 0.5) is 0 Å². The number of carbonyl (C=O) groups is 1. The molecule has 298 valence electrons. The highest BCUT2D eigenvalue weighted by atomic mass is 16.5. The van der Waals surface area contributed by atoms with Crippen molar-refractivity contribution in [3.63, 3.8) is 0 Å². The monoisotopic (exact) mass is 707 g/mol. The van der Waals surface area contributed by atoms with Gasteiger partial charge in [0.05, 0.1) is 6.61 Å². The van der Waals surface area contributed by atoms with E-state index in [0.29, 0.717) is 19.1 Å². The topological polar surface area (TPSA) is 53.0 Å². The van der Waals surface area contributed by atoms with Crippen molar-refractivity contribution in [1.29, 1.82) is 0 Å². The molecule has 0 spiro atoms. The molecule has 0 amide bonds. The second kappa shape index (κ2) is 40.9. The number of hydrogen-bond donors (Lipinski definition) is 1. The molecule has 0 aromatic carbocycles. The number of allylic oxidation sites excluding steroid dienone is 2. The summed E-state index contributed by atoms with van der Waals surface area (Å²) in [6, 6.07) is 0.443. The summed E-state index contributed by atoms with van der Waals surface area (Å²) in [5.74, 6) is -0.0341. The highest BCUT2D eigenvalue weighted by molar-refractivity contribution is 5.69. The van der Waals surface area contributed by atoms with E-state index in [-0.39, 0.29) is 12.6 Å².